The van der Waals surface area contributed by atoms with E-state index < -0.39 is 0 Å². The molecule has 1 fully saturated rings. The van der Waals surface area contributed by atoms with Crippen molar-refractivity contribution in [2.75, 3.05) is 6.54 Å². The van der Waals surface area contributed by atoms with E-state index in [1.54, 1.807) is 16.8 Å². The molecule has 2 atom stereocenters. The first-order chi connectivity index (χ1) is 7.24. The molecule has 0 radical (unpaired) electrons. The van der Waals surface area contributed by atoms with Gasteiger partial charge >= 0.3 is 0 Å². The average Bonchev–Trinajstić information content (AvgIpc) is 2.77. The number of aromatic nitrogens is 1. The summed E-state index contributed by atoms with van der Waals surface area (Å²) in [6, 6.07) is -0.0329. The number of nitrogens with zero attached hydrogens (tertiary/aromatic N) is 2. The molecule has 1 aliphatic rings. The molecule has 0 aliphatic carbocycles. The van der Waals surface area contributed by atoms with Gasteiger partial charge in [-0.05, 0) is 6.42 Å². The molecule has 0 saturated carbocycles. The molecule has 15 heavy (non-hydrogen) atoms. The van der Waals surface area contributed by atoms with E-state index in [0.29, 0.717) is 6.42 Å². The number of rotatable bonds is 3. The zero-order valence-corrected chi connectivity index (χ0v) is 9.54. The molecule has 2 N–H and O–H groups in total. The zero-order valence-electron chi connectivity index (χ0n) is 8.72. The number of hydrogen-bond acceptors (Lipinski definition) is 4. The van der Waals surface area contributed by atoms with Crippen molar-refractivity contribution in [2.24, 2.45) is 5.73 Å². The monoisotopic (exact) mass is 225 g/mol. The summed E-state index contributed by atoms with van der Waals surface area (Å²) >= 11 is 1.57. The summed E-state index contributed by atoms with van der Waals surface area (Å²) in [5, 5.41) is 0. The van der Waals surface area contributed by atoms with Gasteiger partial charge in [0.2, 0.25) is 5.91 Å². The lowest BCUT2D eigenvalue weighted by molar-refractivity contribution is -0.129. The summed E-state index contributed by atoms with van der Waals surface area (Å²) in [7, 11) is 0. The maximum absolute atomic E-state index is 11.7. The molecule has 2 unspecified atom stereocenters. The van der Waals surface area contributed by atoms with Crippen LogP contribution in [-0.4, -0.2) is 28.4 Å². The van der Waals surface area contributed by atoms with E-state index in [0.717, 1.165) is 17.8 Å². The maximum Gasteiger partial charge on any atom is 0.224 e. The smallest absolute Gasteiger partial charge is 0.224 e. The van der Waals surface area contributed by atoms with Crippen molar-refractivity contribution in [2.45, 2.75) is 31.8 Å². The molecule has 4 nitrogen and oxygen atoms in total. The zero-order chi connectivity index (χ0) is 10.8. The Hall–Kier alpha value is -0.940. The third-order valence-electron chi connectivity index (χ3n) is 2.68. The molecule has 1 aromatic rings. The van der Waals surface area contributed by atoms with Crippen LogP contribution in [0.2, 0.25) is 0 Å². The molecular formula is C10H15N3OS. The van der Waals surface area contributed by atoms with Crippen LogP contribution in [0.4, 0.5) is 0 Å². The Bertz CT molecular complexity index is 338. The van der Waals surface area contributed by atoms with Crippen LogP contribution in [0.25, 0.3) is 0 Å². The van der Waals surface area contributed by atoms with Crippen LogP contribution in [-0.2, 0) is 4.79 Å². The van der Waals surface area contributed by atoms with Crippen molar-refractivity contribution in [1.29, 1.82) is 0 Å². The Balaban J connectivity index is 2.23. The van der Waals surface area contributed by atoms with E-state index >= 15 is 0 Å². The lowest BCUT2D eigenvalue weighted by atomic mass is 10.1. The molecular weight excluding hydrogens is 210 g/mol. The normalized spacial score (nSPS) is 26.3. The lowest BCUT2D eigenvalue weighted by Gasteiger charge is -2.25. The van der Waals surface area contributed by atoms with E-state index in [9.17, 15) is 4.79 Å². The van der Waals surface area contributed by atoms with Crippen LogP contribution in [0.1, 0.15) is 30.7 Å². The van der Waals surface area contributed by atoms with Gasteiger partial charge in [-0.15, -0.1) is 11.3 Å². The fraction of sp³-hybridized carbons (Fsp3) is 0.600. The summed E-state index contributed by atoms with van der Waals surface area (Å²) in [5.74, 6) is 0.169. The Morgan fingerprint density at radius 3 is 3.13 bits per heavy atom. The van der Waals surface area contributed by atoms with Crippen molar-refractivity contribution in [1.82, 2.24) is 9.88 Å². The number of hydrogen-bond donors (Lipinski definition) is 1. The molecule has 1 aromatic heterocycles. The molecule has 0 aromatic carbocycles. The third kappa shape index (κ3) is 1.89. The fourth-order valence-electron chi connectivity index (χ4n) is 2.06. The molecule has 0 bridgehead atoms. The Labute approximate surface area is 93.1 Å². The highest BCUT2D eigenvalue weighted by Gasteiger charge is 2.38. The highest BCUT2D eigenvalue weighted by molar-refractivity contribution is 7.09. The van der Waals surface area contributed by atoms with Gasteiger partial charge in [0.05, 0.1) is 11.6 Å². The number of nitrogens with two attached hydrogens (primary N) is 1. The Morgan fingerprint density at radius 2 is 2.53 bits per heavy atom. The van der Waals surface area contributed by atoms with Gasteiger partial charge in [0.15, 0.2) is 0 Å². The first-order valence-electron chi connectivity index (χ1n) is 5.17. The van der Waals surface area contributed by atoms with Gasteiger partial charge in [0.1, 0.15) is 0 Å². The van der Waals surface area contributed by atoms with Crippen molar-refractivity contribution in [3.05, 3.63) is 16.6 Å². The van der Waals surface area contributed by atoms with Gasteiger partial charge in [-0.25, -0.2) is 0 Å². The van der Waals surface area contributed by atoms with E-state index in [-0.39, 0.29) is 18.0 Å². The number of likely N-dealkylation sites (tertiary alicyclic amines) is 1. The summed E-state index contributed by atoms with van der Waals surface area (Å²) in [4.78, 5) is 18.7. The van der Waals surface area contributed by atoms with Crippen LogP contribution in [0, 0.1) is 0 Å². The SMILES string of the molecule is CCCN1C(=O)CC(N)C1c1cncs1. The molecule has 5 heteroatoms. The quantitative estimate of drug-likeness (QED) is 0.839. The first kappa shape index (κ1) is 10.6. The van der Waals surface area contributed by atoms with Gasteiger partial charge in [0, 0.05) is 30.1 Å². The lowest BCUT2D eigenvalue weighted by Crippen LogP contribution is -2.33. The second-order valence-corrected chi connectivity index (χ2v) is 4.72. The molecule has 2 heterocycles. The summed E-state index contributed by atoms with van der Waals surface area (Å²) in [6.07, 6.45) is 3.24. The predicted octanol–water partition coefficient (Wildman–Crippen LogP) is 1.15. The van der Waals surface area contributed by atoms with Gasteiger partial charge in [-0.1, -0.05) is 6.92 Å². The highest BCUT2D eigenvalue weighted by atomic mass is 32.1. The summed E-state index contributed by atoms with van der Waals surface area (Å²) in [6.45, 7) is 2.86. The van der Waals surface area contributed by atoms with Gasteiger partial charge in [0.25, 0.3) is 0 Å². The molecule has 2 rings (SSSR count). The topological polar surface area (TPSA) is 59.2 Å². The Morgan fingerprint density at radius 1 is 1.73 bits per heavy atom. The van der Waals surface area contributed by atoms with E-state index in [2.05, 4.69) is 11.9 Å². The molecule has 0 spiro atoms. The molecule has 1 saturated heterocycles. The van der Waals surface area contributed by atoms with E-state index in [1.807, 2.05) is 11.1 Å². The van der Waals surface area contributed by atoms with Crippen molar-refractivity contribution in [3.63, 3.8) is 0 Å². The van der Waals surface area contributed by atoms with Gasteiger partial charge < -0.3 is 10.6 Å². The standard InChI is InChI=1S/C10H15N3OS/c1-2-3-13-9(14)4-7(11)10(13)8-5-12-6-15-8/h5-7,10H,2-4,11H2,1H3. The number of carbonyl (C=O) groups is 1. The predicted molar refractivity (Wildman–Crippen MR) is 59.5 cm³/mol. The van der Waals surface area contributed by atoms with Crippen molar-refractivity contribution < 1.29 is 4.79 Å². The van der Waals surface area contributed by atoms with Crippen LogP contribution < -0.4 is 5.73 Å². The second-order valence-electron chi connectivity index (χ2n) is 3.80. The van der Waals surface area contributed by atoms with Crippen LogP contribution in [0.5, 0.6) is 0 Å². The highest BCUT2D eigenvalue weighted by Crippen LogP contribution is 2.33. The minimum absolute atomic E-state index is 0.0462. The average molecular weight is 225 g/mol. The van der Waals surface area contributed by atoms with Crippen molar-refractivity contribution >= 4 is 17.2 Å². The molecule has 82 valence electrons. The molecule has 1 amide bonds. The summed E-state index contributed by atoms with van der Waals surface area (Å²) in [5.41, 5.74) is 7.78. The maximum atomic E-state index is 11.7. The van der Waals surface area contributed by atoms with Crippen LogP contribution in [0.15, 0.2) is 11.7 Å². The Kier molecular flexibility index (Phi) is 3.02. The number of thiazole rings is 1. The van der Waals surface area contributed by atoms with E-state index in [4.69, 9.17) is 5.73 Å². The number of carbonyl (C=O) groups excluding carboxylic acids is 1. The number of amides is 1. The fourth-order valence-corrected chi connectivity index (χ4v) is 2.86. The minimum Gasteiger partial charge on any atom is -0.333 e. The summed E-state index contributed by atoms with van der Waals surface area (Å²) < 4.78 is 0. The molecule has 1 aliphatic heterocycles. The van der Waals surface area contributed by atoms with Crippen molar-refractivity contribution in [3.8, 4) is 0 Å². The first-order valence-corrected chi connectivity index (χ1v) is 6.05. The largest absolute Gasteiger partial charge is 0.333 e. The third-order valence-corrected chi connectivity index (χ3v) is 3.53. The van der Waals surface area contributed by atoms with Crippen LogP contribution >= 0.6 is 11.3 Å². The van der Waals surface area contributed by atoms with Gasteiger partial charge in [-0.2, -0.15) is 0 Å². The van der Waals surface area contributed by atoms with E-state index in [1.165, 1.54) is 0 Å². The minimum atomic E-state index is -0.0792. The van der Waals surface area contributed by atoms with Gasteiger partial charge in [-0.3, -0.25) is 9.78 Å². The second kappa shape index (κ2) is 4.28. The van der Waals surface area contributed by atoms with Crippen LogP contribution in [0.3, 0.4) is 0 Å².